The van der Waals surface area contributed by atoms with E-state index in [9.17, 15) is 0 Å². The van der Waals surface area contributed by atoms with Crippen LogP contribution in [0.25, 0.3) is 0 Å². The van der Waals surface area contributed by atoms with Crippen LogP contribution in [-0.4, -0.2) is 29.1 Å². The van der Waals surface area contributed by atoms with Crippen molar-refractivity contribution in [2.75, 3.05) is 0 Å². The molecule has 1 saturated carbocycles. The topological polar surface area (TPSA) is 12.5 Å². The Bertz CT molecular complexity index is 2460. The Hall–Kier alpha value is -4.40. The van der Waals surface area contributed by atoms with Crippen molar-refractivity contribution in [2.24, 2.45) is 46.3 Å². The minimum absolute atomic E-state index is 0.0109. The maximum absolute atomic E-state index is 6.84. The molecular weight excluding hydrogens is 727 g/mol. The van der Waals surface area contributed by atoms with Crippen molar-refractivity contribution in [3.8, 4) is 5.75 Å². The van der Waals surface area contributed by atoms with Gasteiger partial charge < -0.3 is 4.74 Å². The second-order valence-electron chi connectivity index (χ2n) is 20.9. The molecule has 0 bridgehead atoms. The highest BCUT2D eigenvalue weighted by Crippen LogP contribution is 2.72. The fourth-order valence-corrected chi connectivity index (χ4v) is 16.0. The lowest BCUT2D eigenvalue weighted by Crippen LogP contribution is -2.58. The number of para-hydroxylation sites is 1. The number of rotatable bonds is 4. The Morgan fingerprint density at radius 3 is 2.50 bits per heavy atom. The fraction of sp³-hybridized carbons (Fsp3) is 0.448. The molecule has 0 saturated heterocycles. The molecule has 11 aliphatic carbocycles. The summed E-state index contributed by atoms with van der Waals surface area (Å²) in [7, 11) is 0. The van der Waals surface area contributed by atoms with Gasteiger partial charge in [-0.25, -0.2) is 0 Å². The lowest BCUT2D eigenvalue weighted by atomic mass is 9.57. The molecule has 1 aliphatic heterocycles. The van der Waals surface area contributed by atoms with Crippen LogP contribution in [0.2, 0.25) is 0 Å². The zero-order valence-corrected chi connectivity index (χ0v) is 35.7. The average Bonchev–Trinajstić information content (AvgIpc) is 3.99. The molecule has 2 heteroatoms. The van der Waals surface area contributed by atoms with Gasteiger partial charge in [-0.1, -0.05) is 152 Å². The molecular formula is C58H61NO. The summed E-state index contributed by atoms with van der Waals surface area (Å²) >= 11 is 0. The van der Waals surface area contributed by atoms with E-state index in [0.29, 0.717) is 59.6 Å². The van der Waals surface area contributed by atoms with E-state index < -0.39 is 0 Å². The maximum atomic E-state index is 6.84. The fourth-order valence-electron chi connectivity index (χ4n) is 16.0. The molecule has 13 rings (SSSR count). The number of benzene rings is 1. The van der Waals surface area contributed by atoms with Crippen molar-refractivity contribution < 1.29 is 4.74 Å². The maximum Gasteiger partial charge on any atom is 0.125 e. The van der Waals surface area contributed by atoms with Gasteiger partial charge in [0.25, 0.3) is 0 Å². The molecule has 1 aromatic carbocycles. The predicted molar refractivity (Wildman–Crippen MR) is 245 cm³/mol. The Balaban J connectivity index is 0.958. The Labute approximate surface area is 358 Å². The highest BCUT2D eigenvalue weighted by Gasteiger charge is 2.64. The minimum atomic E-state index is 0.0109. The third kappa shape index (κ3) is 4.92. The monoisotopic (exact) mass is 787 g/mol. The van der Waals surface area contributed by atoms with Crippen LogP contribution in [0.4, 0.5) is 0 Å². The molecule has 1 spiro atoms. The molecule has 1 aromatic rings. The largest absolute Gasteiger partial charge is 0.485 e. The number of nitrogens with zero attached hydrogens (tertiary/aromatic N) is 1. The summed E-state index contributed by atoms with van der Waals surface area (Å²) in [6, 6.07) is 10.2. The van der Waals surface area contributed by atoms with E-state index in [4.69, 9.17) is 4.74 Å². The van der Waals surface area contributed by atoms with Crippen molar-refractivity contribution in [3.05, 3.63) is 184 Å². The number of fused-ring (bicyclic) bond motifs is 13. The second kappa shape index (κ2) is 13.5. The zero-order valence-electron chi connectivity index (χ0n) is 35.7. The molecule has 0 N–H and O–H groups in total. The first-order chi connectivity index (χ1) is 29.5. The third-order valence-electron chi connectivity index (χ3n) is 18.2. The summed E-state index contributed by atoms with van der Waals surface area (Å²) in [5.74, 6) is 4.59. The van der Waals surface area contributed by atoms with Gasteiger partial charge in [0.2, 0.25) is 0 Å². The van der Waals surface area contributed by atoms with Gasteiger partial charge >= 0.3 is 0 Å². The highest BCUT2D eigenvalue weighted by molar-refractivity contribution is 5.69. The number of hydrogen-bond donors (Lipinski definition) is 0. The Kier molecular flexibility index (Phi) is 8.19. The number of ether oxygens (including phenoxy) is 1. The summed E-state index contributed by atoms with van der Waals surface area (Å²) in [5, 5.41) is 0. The lowest BCUT2D eigenvalue weighted by molar-refractivity contribution is 0.0136. The molecule has 12 aliphatic rings. The molecule has 60 heavy (non-hydrogen) atoms. The third-order valence-corrected chi connectivity index (χ3v) is 18.2. The molecule has 1 heterocycles. The average molecular weight is 788 g/mol. The molecule has 1 fully saturated rings. The zero-order chi connectivity index (χ0) is 39.7. The summed E-state index contributed by atoms with van der Waals surface area (Å²) in [6.45, 7) is 5.22. The van der Waals surface area contributed by atoms with Crippen LogP contribution in [0.1, 0.15) is 96.0 Å². The van der Waals surface area contributed by atoms with E-state index in [0.717, 1.165) is 31.4 Å². The highest BCUT2D eigenvalue weighted by atomic mass is 16.5. The van der Waals surface area contributed by atoms with Gasteiger partial charge in [0.1, 0.15) is 11.9 Å². The van der Waals surface area contributed by atoms with Crippen LogP contribution in [0.5, 0.6) is 5.75 Å². The van der Waals surface area contributed by atoms with E-state index in [1.54, 1.807) is 44.6 Å². The van der Waals surface area contributed by atoms with Gasteiger partial charge in [-0.2, -0.15) is 0 Å². The van der Waals surface area contributed by atoms with Crippen LogP contribution in [-0.2, 0) is 0 Å². The molecule has 304 valence electrons. The Morgan fingerprint density at radius 2 is 1.58 bits per heavy atom. The number of hydrogen-bond acceptors (Lipinski definition) is 2. The van der Waals surface area contributed by atoms with E-state index in [2.05, 4.69) is 152 Å². The molecule has 0 amide bonds. The SMILES string of the molecule is CC1(C)C2=C(C=CCC2)C2=CCCC(N(C3C=CC4=C(C3)C3(C5=C4C=CC(C4C=CCCC4)C5)C4CC=CC=C4C4C=CC=CC43)C3CC=CC4Oc5ccccc5C43)C21. The predicted octanol–water partition coefficient (Wildman–Crippen LogP) is 13.3. The molecule has 12 atom stereocenters. The van der Waals surface area contributed by atoms with E-state index in [-0.39, 0.29) is 16.9 Å². The quantitative estimate of drug-likeness (QED) is 0.282. The van der Waals surface area contributed by atoms with Crippen LogP contribution >= 0.6 is 0 Å². The van der Waals surface area contributed by atoms with Gasteiger partial charge in [0.15, 0.2) is 0 Å². The van der Waals surface area contributed by atoms with E-state index >= 15 is 0 Å². The van der Waals surface area contributed by atoms with Crippen molar-refractivity contribution in [3.63, 3.8) is 0 Å². The van der Waals surface area contributed by atoms with Crippen LogP contribution < -0.4 is 4.74 Å². The summed E-state index contributed by atoms with van der Waals surface area (Å²) in [6.07, 6.45) is 58.9. The van der Waals surface area contributed by atoms with Gasteiger partial charge in [-0.15, -0.1) is 0 Å². The lowest BCUT2D eigenvalue weighted by Gasteiger charge is -2.53. The van der Waals surface area contributed by atoms with Gasteiger partial charge in [0.05, 0.1) is 0 Å². The minimum Gasteiger partial charge on any atom is -0.485 e. The summed E-state index contributed by atoms with van der Waals surface area (Å²) in [4.78, 5) is 3.17. The normalized spacial score (nSPS) is 40.5. The summed E-state index contributed by atoms with van der Waals surface area (Å²) < 4.78 is 6.84. The number of allylic oxidation sites excluding steroid dienone is 21. The van der Waals surface area contributed by atoms with E-state index in [1.165, 1.54) is 50.5 Å². The molecule has 0 aromatic heterocycles. The summed E-state index contributed by atoms with van der Waals surface area (Å²) in [5.41, 5.74) is 14.9. The first-order valence-corrected chi connectivity index (χ1v) is 24.1. The smallest absolute Gasteiger partial charge is 0.125 e. The van der Waals surface area contributed by atoms with Crippen molar-refractivity contribution in [1.82, 2.24) is 4.90 Å². The van der Waals surface area contributed by atoms with Gasteiger partial charge in [0, 0.05) is 52.8 Å². The second-order valence-corrected chi connectivity index (χ2v) is 20.9. The Morgan fingerprint density at radius 1 is 0.700 bits per heavy atom. The molecule has 12 unspecified atom stereocenters. The molecule has 2 nitrogen and oxygen atoms in total. The van der Waals surface area contributed by atoms with Gasteiger partial charge in [-0.05, 0) is 134 Å². The van der Waals surface area contributed by atoms with Crippen molar-refractivity contribution >= 4 is 0 Å². The standard InChI is InChI=1S/C58H61NO/c1-57(2)46-23-10-6-20-41(46)44-22-14-27-52(56(44)57)59(51-26-15-29-54-55(51)45-21-9-13-28-53(45)60-54)38-31-33-43-42-32-30-37(36-16-4-3-5-17-36)34-49(42)58(50(43)35-38)47-24-11-7-18-39(47)40-19-8-12-25-48(40)58/h4,6-9,11-13,15-16,18-22,24,28-33,36-39,47-48,51-52,54-56H,3,5,10,14,17,23,25-27,34-35H2,1-2H3. The first-order valence-electron chi connectivity index (χ1n) is 24.1. The first kappa shape index (κ1) is 36.3. The van der Waals surface area contributed by atoms with Crippen molar-refractivity contribution in [1.29, 1.82) is 0 Å². The van der Waals surface area contributed by atoms with E-state index in [1.807, 2.05) is 0 Å². The van der Waals surface area contributed by atoms with Gasteiger partial charge in [-0.3, -0.25) is 4.90 Å². The van der Waals surface area contributed by atoms with Crippen LogP contribution in [0.15, 0.2) is 178 Å². The van der Waals surface area contributed by atoms with Crippen molar-refractivity contribution in [2.45, 2.75) is 115 Å². The van der Waals surface area contributed by atoms with Crippen LogP contribution in [0, 0.1) is 46.3 Å². The van der Waals surface area contributed by atoms with Crippen LogP contribution in [0.3, 0.4) is 0 Å². The molecule has 0 radical (unpaired) electrons.